The minimum Gasteiger partial charge on any atom is -0.476 e. The highest BCUT2D eigenvalue weighted by Crippen LogP contribution is 2.28. The topological polar surface area (TPSA) is 75.1 Å². The minimum absolute atomic E-state index is 0.0462. The van der Waals surface area contributed by atoms with Gasteiger partial charge >= 0.3 is 12.1 Å². The number of nitrogens with one attached hydrogen (secondary N) is 1. The van der Waals surface area contributed by atoms with Crippen molar-refractivity contribution in [1.82, 2.24) is 10.2 Å². The number of anilines is 1. The van der Waals surface area contributed by atoms with Gasteiger partial charge in [-0.1, -0.05) is 18.2 Å². The fourth-order valence-electron chi connectivity index (χ4n) is 1.99. The molecule has 1 atom stereocenters. The van der Waals surface area contributed by atoms with Gasteiger partial charge in [-0.05, 0) is 13.0 Å². The van der Waals surface area contributed by atoms with Gasteiger partial charge in [-0.25, -0.2) is 4.79 Å². The molecular formula is C13H12F3N3O2. The normalized spacial score (nSPS) is 13.1. The number of rotatable bonds is 4. The van der Waals surface area contributed by atoms with Gasteiger partial charge in [-0.15, -0.1) is 10.2 Å². The van der Waals surface area contributed by atoms with Crippen molar-refractivity contribution in [3.8, 4) is 0 Å². The molecule has 0 bridgehead atoms. The molecule has 21 heavy (non-hydrogen) atoms. The van der Waals surface area contributed by atoms with Crippen molar-refractivity contribution in [2.75, 3.05) is 5.32 Å². The Kier molecular flexibility index (Phi) is 3.97. The van der Waals surface area contributed by atoms with E-state index in [4.69, 9.17) is 5.11 Å². The van der Waals surface area contributed by atoms with Crippen molar-refractivity contribution in [3.05, 3.63) is 30.0 Å². The third kappa shape index (κ3) is 3.59. The number of carbonyl (C=O) groups is 1. The number of hydrogen-bond donors (Lipinski definition) is 2. The van der Waals surface area contributed by atoms with Crippen LogP contribution in [0.5, 0.6) is 0 Å². The molecule has 2 rings (SSSR count). The van der Waals surface area contributed by atoms with Crippen LogP contribution in [0.3, 0.4) is 0 Å². The van der Waals surface area contributed by atoms with Crippen LogP contribution in [-0.2, 0) is 0 Å². The number of fused-ring (bicyclic) bond motifs is 1. The van der Waals surface area contributed by atoms with E-state index in [1.54, 1.807) is 24.3 Å². The molecule has 2 aromatic rings. The predicted molar refractivity (Wildman–Crippen MR) is 70.3 cm³/mol. The largest absolute Gasteiger partial charge is 0.476 e. The Balaban J connectivity index is 2.44. The standard InChI is InChI=1S/C13H12F3N3O2/c1-7(6-13(14,15)16)17-10-8-4-2-3-5-9(8)18-19-11(10)12(20)21/h2-5,7H,6H2,1H3,(H,17,18)(H,20,21). The van der Waals surface area contributed by atoms with Crippen LogP contribution in [0.25, 0.3) is 10.9 Å². The Bertz CT molecular complexity index is 673. The van der Waals surface area contributed by atoms with E-state index in [9.17, 15) is 18.0 Å². The van der Waals surface area contributed by atoms with Crippen molar-refractivity contribution < 1.29 is 23.1 Å². The van der Waals surface area contributed by atoms with Gasteiger partial charge in [0.1, 0.15) is 0 Å². The summed E-state index contributed by atoms with van der Waals surface area (Å²) >= 11 is 0. The highest BCUT2D eigenvalue weighted by Gasteiger charge is 2.31. The molecule has 0 aliphatic heterocycles. The maximum Gasteiger partial charge on any atom is 0.391 e. The highest BCUT2D eigenvalue weighted by molar-refractivity contribution is 6.02. The molecule has 0 aliphatic carbocycles. The molecule has 0 saturated carbocycles. The van der Waals surface area contributed by atoms with E-state index in [2.05, 4.69) is 15.5 Å². The Morgan fingerprint density at radius 3 is 2.62 bits per heavy atom. The van der Waals surface area contributed by atoms with Crippen molar-refractivity contribution in [2.45, 2.75) is 25.6 Å². The van der Waals surface area contributed by atoms with E-state index >= 15 is 0 Å². The van der Waals surface area contributed by atoms with Crippen LogP contribution in [0.4, 0.5) is 18.9 Å². The first-order chi connectivity index (χ1) is 9.78. The first-order valence-electron chi connectivity index (χ1n) is 6.10. The third-order valence-electron chi connectivity index (χ3n) is 2.80. The highest BCUT2D eigenvalue weighted by atomic mass is 19.4. The van der Waals surface area contributed by atoms with Gasteiger partial charge in [0, 0.05) is 11.4 Å². The van der Waals surface area contributed by atoms with Gasteiger partial charge in [0.15, 0.2) is 5.69 Å². The lowest BCUT2D eigenvalue weighted by Gasteiger charge is -2.19. The Morgan fingerprint density at radius 2 is 2.00 bits per heavy atom. The number of aromatic carboxylic acids is 1. The van der Waals surface area contributed by atoms with Crippen LogP contribution >= 0.6 is 0 Å². The number of nitrogens with zero attached hydrogens (tertiary/aromatic N) is 2. The number of benzene rings is 1. The molecule has 0 aliphatic rings. The molecule has 0 radical (unpaired) electrons. The summed E-state index contributed by atoms with van der Waals surface area (Å²) in [6.45, 7) is 1.33. The molecule has 0 fully saturated rings. The number of carboxylic acids is 1. The fourth-order valence-corrected chi connectivity index (χ4v) is 1.99. The molecule has 0 spiro atoms. The van der Waals surface area contributed by atoms with Crippen molar-refractivity contribution in [3.63, 3.8) is 0 Å². The average Bonchev–Trinajstić information content (AvgIpc) is 2.36. The molecular weight excluding hydrogens is 287 g/mol. The number of halogens is 3. The van der Waals surface area contributed by atoms with Gasteiger partial charge in [0.05, 0.1) is 17.6 Å². The lowest BCUT2D eigenvalue weighted by molar-refractivity contribution is -0.136. The molecule has 1 unspecified atom stereocenters. The number of hydrogen-bond acceptors (Lipinski definition) is 4. The molecule has 2 N–H and O–H groups in total. The summed E-state index contributed by atoms with van der Waals surface area (Å²) in [5.74, 6) is -1.35. The molecule has 0 saturated heterocycles. The zero-order valence-corrected chi connectivity index (χ0v) is 11.0. The maximum absolute atomic E-state index is 12.4. The molecule has 112 valence electrons. The zero-order valence-electron chi connectivity index (χ0n) is 11.0. The van der Waals surface area contributed by atoms with Gasteiger partial charge in [-0.2, -0.15) is 13.2 Å². The van der Waals surface area contributed by atoms with E-state index < -0.39 is 30.3 Å². The van der Waals surface area contributed by atoms with Crippen LogP contribution < -0.4 is 5.32 Å². The van der Waals surface area contributed by atoms with Gasteiger partial charge in [0.25, 0.3) is 0 Å². The van der Waals surface area contributed by atoms with E-state index in [1.807, 2.05) is 0 Å². The second kappa shape index (κ2) is 5.55. The summed E-state index contributed by atoms with van der Waals surface area (Å²) in [4.78, 5) is 11.2. The molecule has 1 aromatic heterocycles. The van der Waals surface area contributed by atoms with Crippen molar-refractivity contribution in [2.24, 2.45) is 0 Å². The zero-order chi connectivity index (χ0) is 15.6. The first kappa shape index (κ1) is 15.0. The van der Waals surface area contributed by atoms with E-state index in [1.165, 1.54) is 6.92 Å². The second-order valence-electron chi connectivity index (χ2n) is 4.61. The summed E-state index contributed by atoms with van der Waals surface area (Å²) in [6, 6.07) is 5.53. The van der Waals surface area contributed by atoms with Crippen LogP contribution in [0.15, 0.2) is 24.3 Å². The third-order valence-corrected chi connectivity index (χ3v) is 2.80. The summed E-state index contributed by atoms with van der Waals surface area (Å²) in [5.41, 5.74) is 0.0526. The van der Waals surface area contributed by atoms with E-state index in [0.717, 1.165) is 0 Å². The number of carboxylic acid groups (broad SMARTS) is 1. The maximum atomic E-state index is 12.4. The molecule has 1 aromatic carbocycles. The van der Waals surface area contributed by atoms with Gasteiger partial charge < -0.3 is 10.4 Å². The van der Waals surface area contributed by atoms with E-state index in [-0.39, 0.29) is 5.69 Å². The Hall–Kier alpha value is -2.38. The SMILES string of the molecule is CC(CC(F)(F)F)Nc1c(C(=O)O)nnc2ccccc12. The predicted octanol–water partition coefficient (Wildman–Crippen LogP) is 3.08. The van der Waals surface area contributed by atoms with Crippen molar-refractivity contribution >= 4 is 22.6 Å². The Labute approximate surface area is 117 Å². The van der Waals surface area contributed by atoms with Crippen molar-refractivity contribution in [1.29, 1.82) is 0 Å². The molecule has 0 amide bonds. The molecule has 8 heteroatoms. The minimum atomic E-state index is -4.34. The fraction of sp³-hybridized carbons (Fsp3) is 0.308. The summed E-state index contributed by atoms with van der Waals surface area (Å²) in [6.07, 6.45) is -5.42. The summed E-state index contributed by atoms with van der Waals surface area (Å²) in [5, 5.41) is 19.4. The molecule has 1 heterocycles. The number of aromatic nitrogens is 2. The van der Waals surface area contributed by atoms with Crippen LogP contribution in [0.1, 0.15) is 23.8 Å². The van der Waals surface area contributed by atoms with Gasteiger partial charge in [0.2, 0.25) is 0 Å². The quantitative estimate of drug-likeness (QED) is 0.907. The lowest BCUT2D eigenvalue weighted by Crippen LogP contribution is -2.25. The average molecular weight is 299 g/mol. The lowest BCUT2D eigenvalue weighted by atomic mass is 10.1. The van der Waals surface area contributed by atoms with Crippen LogP contribution in [-0.4, -0.2) is 33.5 Å². The smallest absolute Gasteiger partial charge is 0.391 e. The first-order valence-corrected chi connectivity index (χ1v) is 6.10. The van der Waals surface area contributed by atoms with Crippen LogP contribution in [0, 0.1) is 0 Å². The monoisotopic (exact) mass is 299 g/mol. The molecule has 5 nitrogen and oxygen atoms in total. The summed E-state index contributed by atoms with van der Waals surface area (Å²) in [7, 11) is 0. The summed E-state index contributed by atoms with van der Waals surface area (Å²) < 4.78 is 37.2. The number of alkyl halides is 3. The second-order valence-corrected chi connectivity index (χ2v) is 4.61. The van der Waals surface area contributed by atoms with E-state index in [0.29, 0.717) is 10.9 Å². The van der Waals surface area contributed by atoms with Crippen LogP contribution in [0.2, 0.25) is 0 Å². The van der Waals surface area contributed by atoms with Gasteiger partial charge in [-0.3, -0.25) is 0 Å². The Morgan fingerprint density at radius 1 is 1.33 bits per heavy atom.